The molecule has 0 unspecified atom stereocenters. The van der Waals surface area contributed by atoms with E-state index < -0.39 is 0 Å². The Balaban J connectivity index is 2.13. The molecule has 1 aliphatic heterocycles. The fraction of sp³-hybridized carbons (Fsp3) is 0.857. The maximum Gasteiger partial charge on any atom is 0.157 e. The van der Waals surface area contributed by atoms with Crippen LogP contribution in [0.1, 0.15) is 12.8 Å². The normalized spacial score (nSPS) is 34.2. The fourth-order valence-corrected chi connectivity index (χ4v) is 0.891. The van der Waals surface area contributed by atoms with Crippen LogP contribution in [-0.2, 0) is 9.47 Å². The lowest BCUT2D eigenvalue weighted by atomic mass is 10.3. The van der Waals surface area contributed by atoms with Gasteiger partial charge in [-0.25, -0.2) is 0 Å². The molecule has 2 N–H and O–H groups in total. The summed E-state index contributed by atoms with van der Waals surface area (Å²) < 4.78 is 10.5. The van der Waals surface area contributed by atoms with Gasteiger partial charge in [0.15, 0.2) is 6.29 Å². The quantitative estimate of drug-likeness (QED) is 0.606. The topological polar surface area (TPSA) is 44.5 Å². The van der Waals surface area contributed by atoms with Crippen molar-refractivity contribution in [3.8, 4) is 0 Å². The molecule has 1 fully saturated rings. The lowest BCUT2D eigenvalue weighted by Gasteiger charge is -2.26. The number of ether oxygens (including phenoxy) is 2. The van der Waals surface area contributed by atoms with E-state index in [1.807, 2.05) is 0 Å². The summed E-state index contributed by atoms with van der Waals surface area (Å²) in [6.45, 7) is 4.94. The van der Waals surface area contributed by atoms with Gasteiger partial charge in [-0.2, -0.15) is 0 Å². The van der Waals surface area contributed by atoms with E-state index in [-0.39, 0.29) is 12.3 Å². The zero-order valence-corrected chi connectivity index (χ0v) is 6.08. The Morgan fingerprint density at radius 2 is 2.00 bits per heavy atom. The van der Waals surface area contributed by atoms with Crippen molar-refractivity contribution in [1.29, 1.82) is 0 Å². The monoisotopic (exact) mass is 144 g/mol. The van der Waals surface area contributed by atoms with Gasteiger partial charge in [-0.05, 0) is 12.8 Å². The van der Waals surface area contributed by atoms with Gasteiger partial charge >= 0.3 is 0 Å². The fourth-order valence-electron chi connectivity index (χ4n) is 0.891. The molecule has 1 radical (unpaired) electrons. The summed E-state index contributed by atoms with van der Waals surface area (Å²) in [5.74, 6) is 0. The van der Waals surface area contributed by atoms with Crippen molar-refractivity contribution in [3.05, 3.63) is 6.92 Å². The van der Waals surface area contributed by atoms with Crippen LogP contribution < -0.4 is 5.73 Å². The molecule has 10 heavy (non-hydrogen) atoms. The van der Waals surface area contributed by atoms with Crippen LogP contribution >= 0.6 is 0 Å². The molecule has 0 amide bonds. The van der Waals surface area contributed by atoms with Gasteiger partial charge in [0.05, 0.1) is 19.3 Å². The third kappa shape index (κ3) is 2.25. The molecular formula is C7H14NO2. The summed E-state index contributed by atoms with van der Waals surface area (Å²) in [5.41, 5.74) is 5.53. The van der Waals surface area contributed by atoms with Gasteiger partial charge in [-0.15, -0.1) is 0 Å². The highest BCUT2D eigenvalue weighted by atomic mass is 16.7. The minimum Gasteiger partial charge on any atom is -0.351 e. The van der Waals surface area contributed by atoms with Crippen LogP contribution in [0, 0.1) is 6.92 Å². The first kappa shape index (κ1) is 7.98. The van der Waals surface area contributed by atoms with E-state index in [1.165, 1.54) is 0 Å². The molecule has 3 heteroatoms. The Bertz CT molecular complexity index is 89.6. The van der Waals surface area contributed by atoms with Gasteiger partial charge in [0.25, 0.3) is 0 Å². The maximum atomic E-state index is 5.53. The number of hydrogen-bond donors (Lipinski definition) is 1. The average molecular weight is 144 g/mol. The maximum absolute atomic E-state index is 5.53. The van der Waals surface area contributed by atoms with Crippen LogP contribution in [0.2, 0.25) is 0 Å². The first-order chi connectivity index (χ1) is 4.83. The van der Waals surface area contributed by atoms with Gasteiger partial charge in [0.2, 0.25) is 0 Å². The van der Waals surface area contributed by atoms with E-state index in [1.54, 1.807) is 0 Å². The second kappa shape index (κ2) is 3.91. The Hall–Kier alpha value is -0.120. The van der Waals surface area contributed by atoms with Gasteiger partial charge in [-0.1, -0.05) is 6.92 Å². The summed E-state index contributed by atoms with van der Waals surface area (Å²) in [6.07, 6.45) is 1.66. The summed E-state index contributed by atoms with van der Waals surface area (Å²) in [7, 11) is 0. The summed E-state index contributed by atoms with van der Waals surface area (Å²) in [6, 6.07) is 0.0565. The van der Waals surface area contributed by atoms with Gasteiger partial charge < -0.3 is 15.2 Å². The average Bonchev–Trinajstić information content (AvgIpc) is 1.95. The molecule has 0 atom stereocenters. The van der Waals surface area contributed by atoms with Crippen molar-refractivity contribution in [2.24, 2.45) is 5.73 Å². The van der Waals surface area contributed by atoms with Crippen LogP contribution in [0.5, 0.6) is 0 Å². The van der Waals surface area contributed by atoms with Crippen molar-refractivity contribution >= 4 is 0 Å². The molecule has 59 valence electrons. The van der Waals surface area contributed by atoms with Gasteiger partial charge in [0, 0.05) is 0 Å². The smallest absolute Gasteiger partial charge is 0.157 e. The lowest BCUT2D eigenvalue weighted by Crippen LogP contribution is -2.40. The second-order valence-corrected chi connectivity index (χ2v) is 2.50. The molecule has 1 aliphatic rings. The highest BCUT2D eigenvalue weighted by Gasteiger charge is 2.17. The van der Waals surface area contributed by atoms with E-state index in [0.29, 0.717) is 13.2 Å². The highest BCUT2D eigenvalue weighted by molar-refractivity contribution is 4.64. The van der Waals surface area contributed by atoms with Crippen molar-refractivity contribution in [2.45, 2.75) is 25.2 Å². The minimum absolute atomic E-state index is 0.0565. The molecule has 0 aromatic carbocycles. The van der Waals surface area contributed by atoms with Crippen molar-refractivity contribution < 1.29 is 9.47 Å². The molecule has 0 saturated carbocycles. The largest absolute Gasteiger partial charge is 0.351 e. The minimum atomic E-state index is -0.0581. The third-order valence-electron chi connectivity index (χ3n) is 1.43. The summed E-state index contributed by atoms with van der Waals surface area (Å²) in [4.78, 5) is 0. The molecule has 0 aromatic heterocycles. The lowest BCUT2D eigenvalue weighted by molar-refractivity contribution is -0.187. The predicted octanol–water partition coefficient (Wildman–Crippen LogP) is 0.301. The first-order valence-electron chi connectivity index (χ1n) is 3.61. The zero-order chi connectivity index (χ0) is 7.40. The third-order valence-corrected chi connectivity index (χ3v) is 1.43. The number of rotatable bonds is 2. The highest BCUT2D eigenvalue weighted by Crippen LogP contribution is 2.08. The molecule has 0 aliphatic carbocycles. The van der Waals surface area contributed by atoms with Crippen LogP contribution in [-0.4, -0.2) is 25.5 Å². The molecule has 3 nitrogen and oxygen atoms in total. The van der Waals surface area contributed by atoms with Gasteiger partial charge in [0.1, 0.15) is 0 Å². The van der Waals surface area contributed by atoms with Gasteiger partial charge in [-0.3, -0.25) is 0 Å². The predicted molar refractivity (Wildman–Crippen MR) is 38.3 cm³/mol. The van der Waals surface area contributed by atoms with Crippen LogP contribution in [0.25, 0.3) is 0 Å². The summed E-state index contributed by atoms with van der Waals surface area (Å²) >= 11 is 0. The summed E-state index contributed by atoms with van der Waals surface area (Å²) in [5, 5.41) is 0. The van der Waals surface area contributed by atoms with Crippen LogP contribution in [0.15, 0.2) is 0 Å². The molecule has 0 aromatic rings. The first-order valence-corrected chi connectivity index (χ1v) is 3.61. The van der Waals surface area contributed by atoms with Crippen molar-refractivity contribution in [2.75, 3.05) is 13.2 Å². The van der Waals surface area contributed by atoms with E-state index in [9.17, 15) is 0 Å². The van der Waals surface area contributed by atoms with Crippen molar-refractivity contribution in [1.82, 2.24) is 0 Å². The standard InChI is InChI=1S/C7H14NO2/c1-2-3-7-9-4-6(8)5-10-7/h6-7H,1-5,8H2. The Morgan fingerprint density at radius 1 is 1.40 bits per heavy atom. The zero-order valence-electron chi connectivity index (χ0n) is 6.08. The van der Waals surface area contributed by atoms with E-state index >= 15 is 0 Å². The van der Waals surface area contributed by atoms with E-state index in [0.717, 1.165) is 12.8 Å². The molecule has 1 heterocycles. The number of hydrogen-bond acceptors (Lipinski definition) is 3. The van der Waals surface area contributed by atoms with Crippen molar-refractivity contribution in [3.63, 3.8) is 0 Å². The van der Waals surface area contributed by atoms with Crippen LogP contribution in [0.4, 0.5) is 0 Å². The van der Waals surface area contributed by atoms with E-state index in [2.05, 4.69) is 6.92 Å². The molecule has 1 saturated heterocycles. The molecule has 1 rings (SSSR count). The second-order valence-electron chi connectivity index (χ2n) is 2.50. The SMILES string of the molecule is [CH2]CCC1OCC(N)CO1. The Labute approximate surface area is 61.5 Å². The molecule has 0 bridgehead atoms. The van der Waals surface area contributed by atoms with E-state index in [4.69, 9.17) is 15.2 Å². The van der Waals surface area contributed by atoms with Crippen LogP contribution in [0.3, 0.4) is 0 Å². The molecular weight excluding hydrogens is 130 g/mol. The Kier molecular flexibility index (Phi) is 3.12. The molecule has 0 spiro atoms. The Morgan fingerprint density at radius 3 is 2.50 bits per heavy atom. The number of nitrogens with two attached hydrogens (primary N) is 1.